The predicted octanol–water partition coefficient (Wildman–Crippen LogP) is 4.52. The van der Waals surface area contributed by atoms with Gasteiger partial charge in [-0.2, -0.15) is 4.40 Å². The van der Waals surface area contributed by atoms with Crippen LogP contribution in [0.1, 0.15) is 26.3 Å². The third kappa shape index (κ3) is 3.28. The van der Waals surface area contributed by atoms with Crippen molar-refractivity contribution in [3.05, 3.63) is 53.8 Å². The zero-order chi connectivity index (χ0) is 17.3. The smallest absolute Gasteiger partial charge is 0.167 e. The van der Waals surface area contributed by atoms with Crippen LogP contribution in [0.5, 0.6) is 0 Å². The van der Waals surface area contributed by atoms with Gasteiger partial charge in [-0.05, 0) is 39.0 Å². The summed E-state index contributed by atoms with van der Waals surface area (Å²) in [4.78, 5) is 0. The molecule has 0 saturated carbocycles. The SMILES string of the molecule is CC(C)(C)[S@](=O)N=Cc1ccccc1-c1noc2ccc(F)cc12. The van der Waals surface area contributed by atoms with Gasteiger partial charge >= 0.3 is 0 Å². The monoisotopic (exact) mass is 344 g/mol. The van der Waals surface area contributed by atoms with Crippen molar-refractivity contribution in [2.75, 3.05) is 0 Å². The minimum absolute atomic E-state index is 0.355. The van der Waals surface area contributed by atoms with Gasteiger partial charge in [0.25, 0.3) is 0 Å². The fourth-order valence-corrected chi connectivity index (χ4v) is 2.72. The molecule has 3 aromatic rings. The van der Waals surface area contributed by atoms with Crippen molar-refractivity contribution >= 4 is 28.2 Å². The van der Waals surface area contributed by atoms with E-state index in [0.717, 1.165) is 11.1 Å². The highest BCUT2D eigenvalue weighted by molar-refractivity contribution is 7.85. The molecule has 0 saturated heterocycles. The molecule has 0 spiro atoms. The first-order chi connectivity index (χ1) is 11.4. The molecule has 0 fully saturated rings. The van der Waals surface area contributed by atoms with Gasteiger partial charge in [0.05, 0.1) is 10.1 Å². The van der Waals surface area contributed by atoms with Crippen LogP contribution in [0.3, 0.4) is 0 Å². The number of nitrogens with zero attached hydrogens (tertiary/aromatic N) is 2. The van der Waals surface area contributed by atoms with Crippen molar-refractivity contribution < 1.29 is 13.1 Å². The van der Waals surface area contributed by atoms with E-state index in [1.807, 2.05) is 45.0 Å². The number of fused-ring (bicyclic) bond motifs is 1. The van der Waals surface area contributed by atoms with Crippen LogP contribution < -0.4 is 0 Å². The number of rotatable bonds is 3. The van der Waals surface area contributed by atoms with E-state index >= 15 is 0 Å². The van der Waals surface area contributed by atoms with E-state index in [-0.39, 0.29) is 5.82 Å². The van der Waals surface area contributed by atoms with Crippen LogP contribution in [0.25, 0.3) is 22.2 Å². The standard InChI is InChI=1S/C18H17FN2O2S/c1-18(2,3)24(22)20-11-12-6-4-5-7-14(12)17-15-10-13(19)8-9-16(15)23-21-17/h4-11H,1-3H3/t24-/m0/s1. The Hall–Kier alpha value is -2.34. The number of hydrogen-bond donors (Lipinski definition) is 0. The van der Waals surface area contributed by atoms with E-state index in [1.54, 1.807) is 12.3 Å². The van der Waals surface area contributed by atoms with E-state index in [1.165, 1.54) is 12.1 Å². The molecule has 0 bridgehead atoms. The molecule has 0 radical (unpaired) electrons. The predicted molar refractivity (Wildman–Crippen MR) is 94.9 cm³/mol. The quantitative estimate of drug-likeness (QED) is 0.657. The third-order valence-electron chi connectivity index (χ3n) is 3.46. The van der Waals surface area contributed by atoms with Gasteiger partial charge in [-0.1, -0.05) is 29.4 Å². The van der Waals surface area contributed by atoms with Crippen molar-refractivity contribution in [2.45, 2.75) is 25.5 Å². The summed E-state index contributed by atoms with van der Waals surface area (Å²) < 4.78 is 34.7. The Morgan fingerprint density at radius 3 is 2.71 bits per heavy atom. The molecule has 0 amide bonds. The molecule has 0 aliphatic rings. The van der Waals surface area contributed by atoms with Gasteiger partial charge in [-0.25, -0.2) is 8.60 Å². The van der Waals surface area contributed by atoms with E-state index in [4.69, 9.17) is 4.52 Å². The van der Waals surface area contributed by atoms with Gasteiger partial charge in [0.1, 0.15) is 22.5 Å². The zero-order valence-electron chi connectivity index (χ0n) is 13.6. The topological polar surface area (TPSA) is 55.5 Å². The summed E-state index contributed by atoms with van der Waals surface area (Å²) >= 11 is 0. The van der Waals surface area contributed by atoms with Crippen molar-refractivity contribution in [1.82, 2.24) is 5.16 Å². The lowest BCUT2D eigenvalue weighted by atomic mass is 10.0. The van der Waals surface area contributed by atoms with Gasteiger partial charge < -0.3 is 4.52 Å². The Bertz CT molecular complexity index is 942. The molecule has 124 valence electrons. The highest BCUT2D eigenvalue weighted by Gasteiger charge is 2.19. The molecule has 0 aliphatic heterocycles. The molecule has 1 atom stereocenters. The summed E-state index contributed by atoms with van der Waals surface area (Å²) in [5.74, 6) is -0.355. The lowest BCUT2D eigenvalue weighted by Crippen LogP contribution is -2.19. The second kappa shape index (κ2) is 6.28. The van der Waals surface area contributed by atoms with Crippen molar-refractivity contribution in [1.29, 1.82) is 0 Å². The molecule has 24 heavy (non-hydrogen) atoms. The lowest BCUT2D eigenvalue weighted by molar-refractivity contribution is 0.459. The molecule has 4 nitrogen and oxygen atoms in total. The first-order valence-corrected chi connectivity index (χ1v) is 8.57. The van der Waals surface area contributed by atoms with E-state index in [9.17, 15) is 8.60 Å². The number of halogens is 1. The minimum Gasteiger partial charge on any atom is -0.356 e. The fraction of sp³-hybridized carbons (Fsp3) is 0.222. The molecule has 2 aromatic carbocycles. The van der Waals surface area contributed by atoms with Crippen LogP contribution in [-0.4, -0.2) is 20.3 Å². The van der Waals surface area contributed by atoms with Gasteiger partial charge in [0.15, 0.2) is 5.58 Å². The van der Waals surface area contributed by atoms with Crippen LogP contribution in [-0.2, 0) is 11.0 Å². The largest absolute Gasteiger partial charge is 0.356 e. The second-order valence-corrected chi connectivity index (χ2v) is 8.29. The Balaban J connectivity index is 2.08. The summed E-state index contributed by atoms with van der Waals surface area (Å²) in [6.45, 7) is 5.58. The highest BCUT2D eigenvalue weighted by Crippen LogP contribution is 2.30. The average Bonchev–Trinajstić information content (AvgIpc) is 2.94. The summed E-state index contributed by atoms with van der Waals surface area (Å²) in [7, 11) is -1.36. The Morgan fingerprint density at radius 1 is 1.21 bits per heavy atom. The second-order valence-electron chi connectivity index (χ2n) is 6.35. The van der Waals surface area contributed by atoms with Crippen molar-refractivity contribution in [3.8, 4) is 11.3 Å². The highest BCUT2D eigenvalue weighted by atomic mass is 32.2. The molecule has 1 aromatic heterocycles. The first-order valence-electron chi connectivity index (χ1n) is 7.46. The molecule has 0 N–H and O–H groups in total. The van der Waals surface area contributed by atoms with E-state index in [0.29, 0.717) is 16.7 Å². The van der Waals surface area contributed by atoms with E-state index in [2.05, 4.69) is 9.55 Å². The Labute approximate surface area is 142 Å². The molecular weight excluding hydrogens is 327 g/mol. The van der Waals surface area contributed by atoms with Gasteiger partial charge in [-0.3, -0.25) is 0 Å². The Morgan fingerprint density at radius 2 is 1.96 bits per heavy atom. The number of benzene rings is 2. The van der Waals surface area contributed by atoms with E-state index < -0.39 is 15.7 Å². The van der Waals surface area contributed by atoms with Crippen LogP contribution in [0.2, 0.25) is 0 Å². The molecule has 3 rings (SSSR count). The average molecular weight is 344 g/mol. The minimum atomic E-state index is -1.36. The third-order valence-corrected chi connectivity index (χ3v) is 4.80. The maximum absolute atomic E-state index is 13.6. The summed E-state index contributed by atoms with van der Waals surface area (Å²) in [6, 6.07) is 11.7. The summed E-state index contributed by atoms with van der Waals surface area (Å²) in [5.41, 5.74) is 2.54. The van der Waals surface area contributed by atoms with Crippen LogP contribution in [0, 0.1) is 5.82 Å². The maximum Gasteiger partial charge on any atom is 0.167 e. The van der Waals surface area contributed by atoms with Crippen LogP contribution in [0.4, 0.5) is 4.39 Å². The van der Waals surface area contributed by atoms with Gasteiger partial charge in [-0.15, -0.1) is 0 Å². The number of aromatic nitrogens is 1. The zero-order valence-corrected chi connectivity index (χ0v) is 14.4. The van der Waals surface area contributed by atoms with Crippen LogP contribution >= 0.6 is 0 Å². The molecule has 0 aliphatic carbocycles. The van der Waals surface area contributed by atoms with Crippen LogP contribution in [0.15, 0.2) is 51.4 Å². The maximum atomic E-state index is 13.6. The molecule has 6 heteroatoms. The van der Waals surface area contributed by atoms with Crippen molar-refractivity contribution in [3.63, 3.8) is 0 Å². The van der Waals surface area contributed by atoms with Gasteiger partial charge in [0, 0.05) is 17.3 Å². The Kier molecular flexibility index (Phi) is 4.32. The molecule has 1 heterocycles. The molecular formula is C18H17FN2O2S. The molecule has 0 unspecified atom stereocenters. The first kappa shape index (κ1) is 16.5. The van der Waals surface area contributed by atoms with Gasteiger partial charge in [0.2, 0.25) is 0 Å². The number of hydrogen-bond acceptors (Lipinski definition) is 3. The summed E-state index contributed by atoms with van der Waals surface area (Å²) in [5, 5.41) is 4.65. The normalized spacial score (nSPS) is 13.7. The van der Waals surface area contributed by atoms with Crippen molar-refractivity contribution in [2.24, 2.45) is 4.40 Å². The lowest BCUT2D eigenvalue weighted by Gasteiger charge is -2.12. The summed E-state index contributed by atoms with van der Waals surface area (Å²) in [6.07, 6.45) is 1.57. The fourth-order valence-electron chi connectivity index (χ4n) is 2.19.